The van der Waals surface area contributed by atoms with Gasteiger partial charge in [-0.3, -0.25) is 4.79 Å². The maximum absolute atomic E-state index is 13.9. The van der Waals surface area contributed by atoms with Gasteiger partial charge in [0.2, 0.25) is 5.78 Å². The third-order valence-electron chi connectivity index (χ3n) is 6.35. The van der Waals surface area contributed by atoms with Gasteiger partial charge in [0, 0.05) is 57.4 Å². The molecule has 4 rings (SSSR count). The molecule has 2 fully saturated rings. The van der Waals surface area contributed by atoms with Gasteiger partial charge in [-0.15, -0.1) is 5.10 Å². The molecule has 2 aliphatic rings. The fourth-order valence-electron chi connectivity index (χ4n) is 3.94. The Hall–Kier alpha value is -1.28. The lowest BCUT2D eigenvalue weighted by Gasteiger charge is -2.36. The van der Waals surface area contributed by atoms with Gasteiger partial charge in [0.15, 0.2) is 5.69 Å². The zero-order valence-electron chi connectivity index (χ0n) is 20.6. The van der Waals surface area contributed by atoms with Crippen LogP contribution in [0.4, 0.5) is 0 Å². The maximum atomic E-state index is 13.9. The molecule has 2 saturated heterocycles. The van der Waals surface area contributed by atoms with Crippen LogP contribution in [0.5, 0.6) is 0 Å². The summed E-state index contributed by atoms with van der Waals surface area (Å²) < 4.78 is 2.56. The lowest BCUT2D eigenvalue weighted by Crippen LogP contribution is -2.47. The van der Waals surface area contributed by atoms with Crippen LogP contribution in [0.25, 0.3) is 5.69 Å². The number of halogens is 1. The average molecular weight is 584 g/mol. The minimum atomic E-state index is -0.543. The van der Waals surface area contributed by atoms with Crippen LogP contribution in [0.3, 0.4) is 0 Å². The summed E-state index contributed by atoms with van der Waals surface area (Å²) in [6, 6.07) is 7.28. The van der Waals surface area contributed by atoms with Crippen LogP contribution >= 0.6 is 59.6 Å². The summed E-state index contributed by atoms with van der Waals surface area (Å²) in [5.41, 5.74) is 1.79. The number of rotatable bonds is 5. The first kappa shape index (κ1) is 27.7. The van der Waals surface area contributed by atoms with E-state index in [9.17, 15) is 4.79 Å². The lowest BCUT2D eigenvalue weighted by atomic mass is 10.2. The number of aromatic nitrogens is 3. The fraction of sp³-hybridized carbons (Fsp3) is 0.522. The number of hydrogen-bond donors (Lipinski definition) is 0. The first-order chi connectivity index (χ1) is 17.2. The maximum Gasteiger partial charge on any atom is 0.208 e. The molecular formula is C23H30ClN7OS4. The SMILES string of the molecule is Cc1c(C(=O)C(SC(=S)N2CCN(C)CC2)SC(=S)N2CCN(C)CC2)nnn1-c1ccc(Cl)cc1. The van der Waals surface area contributed by atoms with E-state index < -0.39 is 4.58 Å². The first-order valence-electron chi connectivity index (χ1n) is 11.7. The largest absolute Gasteiger partial charge is 0.355 e. The zero-order valence-corrected chi connectivity index (χ0v) is 24.6. The van der Waals surface area contributed by atoms with Gasteiger partial charge in [-0.05, 0) is 45.3 Å². The Morgan fingerprint density at radius 2 is 1.36 bits per heavy atom. The van der Waals surface area contributed by atoms with Crippen LogP contribution in [-0.4, -0.2) is 120 Å². The predicted octanol–water partition coefficient (Wildman–Crippen LogP) is 3.27. The van der Waals surface area contributed by atoms with Crippen molar-refractivity contribution in [1.29, 1.82) is 0 Å². The average Bonchev–Trinajstić information content (AvgIpc) is 3.25. The summed E-state index contributed by atoms with van der Waals surface area (Å²) in [6.07, 6.45) is 0. The van der Waals surface area contributed by atoms with Crippen molar-refractivity contribution in [1.82, 2.24) is 34.6 Å². The number of thioether (sulfide) groups is 2. The lowest BCUT2D eigenvalue weighted by molar-refractivity contribution is 0.100. The molecule has 0 N–H and O–H groups in total. The summed E-state index contributed by atoms with van der Waals surface area (Å²) in [5, 5.41) is 9.17. The molecule has 13 heteroatoms. The van der Waals surface area contributed by atoms with E-state index in [4.69, 9.17) is 36.0 Å². The first-order valence-corrected chi connectivity index (χ1v) is 14.7. The Morgan fingerprint density at radius 3 is 1.83 bits per heavy atom. The van der Waals surface area contributed by atoms with E-state index in [1.807, 2.05) is 19.1 Å². The molecule has 194 valence electrons. The highest BCUT2D eigenvalue weighted by atomic mass is 35.5. The predicted molar refractivity (Wildman–Crippen MR) is 158 cm³/mol. The number of hydrogen-bond acceptors (Lipinski definition) is 9. The molecular weight excluding hydrogens is 554 g/mol. The number of nitrogens with zero attached hydrogens (tertiary/aromatic N) is 7. The number of likely N-dealkylation sites (N-methyl/N-ethyl adjacent to an activating group) is 2. The molecule has 36 heavy (non-hydrogen) atoms. The van der Waals surface area contributed by atoms with Crippen molar-refractivity contribution in [3.05, 3.63) is 40.7 Å². The number of piperazine rings is 2. The van der Waals surface area contributed by atoms with E-state index >= 15 is 0 Å². The zero-order chi connectivity index (χ0) is 25.8. The summed E-state index contributed by atoms with van der Waals surface area (Å²) in [7, 11) is 4.22. The molecule has 0 amide bonds. The van der Waals surface area contributed by atoms with Gasteiger partial charge in [0.05, 0.1) is 11.4 Å². The number of carbonyl (C=O) groups is 1. The van der Waals surface area contributed by atoms with Gasteiger partial charge in [-0.25, -0.2) is 4.68 Å². The van der Waals surface area contributed by atoms with Crippen LogP contribution in [0, 0.1) is 6.92 Å². The molecule has 2 aliphatic heterocycles. The number of ketones is 1. The monoisotopic (exact) mass is 583 g/mol. The summed E-state index contributed by atoms with van der Waals surface area (Å²) >= 11 is 20.4. The molecule has 0 atom stereocenters. The molecule has 3 heterocycles. The minimum Gasteiger partial charge on any atom is -0.355 e. The molecule has 0 unspecified atom stereocenters. The summed E-state index contributed by atoms with van der Waals surface area (Å²) in [6.45, 7) is 9.03. The molecule has 0 spiro atoms. The number of thiocarbonyl (C=S) groups is 2. The minimum absolute atomic E-state index is 0.129. The van der Waals surface area contributed by atoms with Crippen LogP contribution in [-0.2, 0) is 0 Å². The summed E-state index contributed by atoms with van der Waals surface area (Å²) in [5.74, 6) is -0.129. The van der Waals surface area contributed by atoms with E-state index in [0.29, 0.717) is 16.4 Å². The Kier molecular flexibility index (Phi) is 9.64. The highest BCUT2D eigenvalue weighted by Crippen LogP contribution is 2.33. The standard InChI is InChI=1S/C23H30ClN7OS4/c1-16-19(25-26-31(16)18-6-4-17(24)5-7-18)20(32)21(35-22(33)29-12-8-27(2)9-13-29)36-23(34)30-14-10-28(3)11-15-30/h4-7,21H,8-15H2,1-3H3. The van der Waals surface area contributed by atoms with E-state index in [-0.39, 0.29) is 5.78 Å². The van der Waals surface area contributed by atoms with E-state index in [0.717, 1.165) is 66.7 Å². The van der Waals surface area contributed by atoms with Crippen molar-refractivity contribution in [2.24, 2.45) is 0 Å². The van der Waals surface area contributed by atoms with Crippen molar-refractivity contribution in [2.45, 2.75) is 11.5 Å². The van der Waals surface area contributed by atoms with Crippen LogP contribution < -0.4 is 0 Å². The van der Waals surface area contributed by atoms with Crippen molar-refractivity contribution >= 4 is 74.0 Å². The number of carbonyl (C=O) groups excluding carboxylic acids is 1. The highest BCUT2D eigenvalue weighted by molar-refractivity contribution is 8.37. The van der Waals surface area contributed by atoms with Gasteiger partial charge in [-0.2, -0.15) is 0 Å². The Balaban J connectivity index is 1.54. The van der Waals surface area contributed by atoms with Crippen LogP contribution in [0.15, 0.2) is 24.3 Å². The van der Waals surface area contributed by atoms with Crippen molar-refractivity contribution in [2.75, 3.05) is 66.5 Å². The van der Waals surface area contributed by atoms with Crippen LogP contribution in [0.2, 0.25) is 5.02 Å². The number of benzene rings is 1. The summed E-state index contributed by atoms with van der Waals surface area (Å²) in [4.78, 5) is 22.8. The van der Waals surface area contributed by atoms with E-state index in [1.54, 1.807) is 16.8 Å². The van der Waals surface area contributed by atoms with Gasteiger partial charge < -0.3 is 19.6 Å². The van der Waals surface area contributed by atoms with E-state index in [2.05, 4.69) is 44.0 Å². The molecule has 0 bridgehead atoms. The van der Waals surface area contributed by atoms with Gasteiger partial charge >= 0.3 is 0 Å². The van der Waals surface area contributed by atoms with Gasteiger partial charge in [0.1, 0.15) is 13.2 Å². The second-order valence-electron chi connectivity index (χ2n) is 8.96. The second kappa shape index (κ2) is 12.5. The Bertz CT molecular complexity index is 1060. The van der Waals surface area contributed by atoms with Crippen LogP contribution in [0.1, 0.15) is 16.2 Å². The molecule has 0 radical (unpaired) electrons. The van der Waals surface area contributed by atoms with Crippen molar-refractivity contribution < 1.29 is 4.79 Å². The Morgan fingerprint density at radius 1 is 0.889 bits per heavy atom. The molecule has 1 aromatic heterocycles. The molecule has 1 aromatic carbocycles. The Labute approximate surface area is 236 Å². The molecule has 0 aliphatic carbocycles. The molecule has 8 nitrogen and oxygen atoms in total. The quantitative estimate of drug-likeness (QED) is 0.296. The van der Waals surface area contributed by atoms with E-state index in [1.165, 1.54) is 23.5 Å². The third kappa shape index (κ3) is 6.77. The number of Topliss-reactive ketones (excluding diaryl/α,β-unsaturated/α-hetero) is 1. The van der Waals surface area contributed by atoms with Crippen molar-refractivity contribution in [3.8, 4) is 5.69 Å². The third-order valence-corrected chi connectivity index (χ3v) is 10.1. The molecule has 2 aromatic rings. The van der Waals surface area contributed by atoms with Gasteiger partial charge in [0.25, 0.3) is 0 Å². The highest BCUT2D eigenvalue weighted by Gasteiger charge is 2.32. The second-order valence-corrected chi connectivity index (χ2v) is 13.2. The van der Waals surface area contributed by atoms with Crippen molar-refractivity contribution in [3.63, 3.8) is 0 Å². The molecule has 0 saturated carbocycles. The normalized spacial score (nSPS) is 17.6. The van der Waals surface area contributed by atoms with Gasteiger partial charge in [-0.1, -0.05) is 64.8 Å². The topological polar surface area (TPSA) is 60.7 Å². The fourth-order valence-corrected chi connectivity index (χ4v) is 7.58. The smallest absolute Gasteiger partial charge is 0.208 e.